The molecule has 90 valence electrons. The zero-order chi connectivity index (χ0) is 11.4. The van der Waals surface area contributed by atoms with Crippen molar-refractivity contribution in [1.82, 2.24) is 14.7 Å². The van der Waals surface area contributed by atoms with Gasteiger partial charge in [-0.3, -0.25) is 4.68 Å². The third-order valence-corrected chi connectivity index (χ3v) is 3.73. The van der Waals surface area contributed by atoms with Crippen LogP contribution in [0.2, 0.25) is 0 Å². The van der Waals surface area contributed by atoms with Gasteiger partial charge in [0.1, 0.15) is 0 Å². The van der Waals surface area contributed by atoms with Gasteiger partial charge in [-0.05, 0) is 37.3 Å². The Hall–Kier alpha value is -0.540. The lowest BCUT2D eigenvalue weighted by molar-refractivity contribution is 0.187. The van der Waals surface area contributed by atoms with Gasteiger partial charge in [-0.1, -0.05) is 0 Å². The third-order valence-electron chi connectivity index (χ3n) is 3.30. The molecule has 0 spiro atoms. The second kappa shape index (κ2) is 5.69. The van der Waals surface area contributed by atoms with E-state index in [1.807, 2.05) is 17.9 Å². The molecule has 1 aliphatic heterocycles. The van der Waals surface area contributed by atoms with Gasteiger partial charge in [-0.25, -0.2) is 0 Å². The standard InChI is InChI=1S/C12H20ClN3/c1-15-9-12(8-14-15)4-6-16-5-2-3-11(7-13)10-16/h8-9,11H,2-7,10H2,1H3. The molecule has 1 aliphatic rings. The van der Waals surface area contributed by atoms with Gasteiger partial charge in [0.2, 0.25) is 0 Å². The molecule has 0 N–H and O–H groups in total. The van der Waals surface area contributed by atoms with Gasteiger partial charge in [-0.15, -0.1) is 11.6 Å². The molecule has 0 bridgehead atoms. The Kier molecular flexibility index (Phi) is 4.24. The maximum atomic E-state index is 5.93. The van der Waals surface area contributed by atoms with Gasteiger partial charge in [0, 0.05) is 32.2 Å². The summed E-state index contributed by atoms with van der Waals surface area (Å²) in [6.45, 7) is 3.54. The van der Waals surface area contributed by atoms with Crippen molar-refractivity contribution in [3.8, 4) is 0 Å². The van der Waals surface area contributed by atoms with Crippen LogP contribution in [0.5, 0.6) is 0 Å². The normalized spacial score (nSPS) is 22.5. The second-order valence-electron chi connectivity index (χ2n) is 4.74. The number of likely N-dealkylation sites (tertiary alicyclic amines) is 1. The van der Waals surface area contributed by atoms with Crippen molar-refractivity contribution in [2.75, 3.05) is 25.5 Å². The lowest BCUT2D eigenvalue weighted by Crippen LogP contribution is -2.37. The maximum Gasteiger partial charge on any atom is 0.0522 e. The van der Waals surface area contributed by atoms with Gasteiger partial charge in [0.05, 0.1) is 6.20 Å². The van der Waals surface area contributed by atoms with Crippen LogP contribution in [0.15, 0.2) is 12.4 Å². The maximum absolute atomic E-state index is 5.93. The van der Waals surface area contributed by atoms with Crippen LogP contribution in [0.4, 0.5) is 0 Å². The Morgan fingerprint density at radius 2 is 2.44 bits per heavy atom. The van der Waals surface area contributed by atoms with Crippen molar-refractivity contribution in [2.45, 2.75) is 19.3 Å². The van der Waals surface area contributed by atoms with E-state index in [1.165, 1.54) is 31.5 Å². The largest absolute Gasteiger partial charge is 0.303 e. The Morgan fingerprint density at radius 1 is 1.56 bits per heavy atom. The molecule has 0 radical (unpaired) electrons. The molecular formula is C12H20ClN3. The molecule has 1 atom stereocenters. The molecule has 1 fully saturated rings. The molecule has 1 saturated heterocycles. The van der Waals surface area contributed by atoms with Crippen molar-refractivity contribution in [3.05, 3.63) is 18.0 Å². The zero-order valence-electron chi connectivity index (χ0n) is 9.90. The summed E-state index contributed by atoms with van der Waals surface area (Å²) in [5.74, 6) is 1.51. The fourth-order valence-corrected chi connectivity index (χ4v) is 2.62. The van der Waals surface area contributed by atoms with Crippen LogP contribution in [-0.2, 0) is 13.5 Å². The van der Waals surface area contributed by atoms with E-state index in [-0.39, 0.29) is 0 Å². The number of alkyl halides is 1. The van der Waals surface area contributed by atoms with Crippen LogP contribution in [0.3, 0.4) is 0 Å². The van der Waals surface area contributed by atoms with Crippen LogP contribution in [-0.4, -0.2) is 40.2 Å². The number of rotatable bonds is 4. The zero-order valence-corrected chi connectivity index (χ0v) is 10.7. The Balaban J connectivity index is 1.77. The van der Waals surface area contributed by atoms with Crippen molar-refractivity contribution in [1.29, 1.82) is 0 Å². The second-order valence-corrected chi connectivity index (χ2v) is 5.04. The van der Waals surface area contributed by atoms with E-state index in [2.05, 4.69) is 16.2 Å². The number of hydrogen-bond acceptors (Lipinski definition) is 2. The average molecular weight is 242 g/mol. The number of nitrogens with zero attached hydrogens (tertiary/aromatic N) is 3. The highest BCUT2D eigenvalue weighted by molar-refractivity contribution is 6.18. The lowest BCUT2D eigenvalue weighted by Gasteiger charge is -2.31. The highest BCUT2D eigenvalue weighted by atomic mass is 35.5. The molecule has 1 unspecified atom stereocenters. The van der Waals surface area contributed by atoms with E-state index >= 15 is 0 Å². The summed E-state index contributed by atoms with van der Waals surface area (Å²) >= 11 is 5.93. The van der Waals surface area contributed by atoms with Crippen LogP contribution < -0.4 is 0 Å². The summed E-state index contributed by atoms with van der Waals surface area (Å²) in [6, 6.07) is 0. The van der Waals surface area contributed by atoms with Crippen molar-refractivity contribution in [2.24, 2.45) is 13.0 Å². The van der Waals surface area contributed by atoms with E-state index < -0.39 is 0 Å². The molecule has 16 heavy (non-hydrogen) atoms. The summed E-state index contributed by atoms with van der Waals surface area (Å²) in [7, 11) is 1.97. The minimum Gasteiger partial charge on any atom is -0.303 e. The Morgan fingerprint density at radius 3 is 3.12 bits per heavy atom. The molecule has 2 rings (SSSR count). The SMILES string of the molecule is Cn1cc(CCN2CCCC(CCl)C2)cn1. The summed E-state index contributed by atoms with van der Waals surface area (Å²) in [4.78, 5) is 2.53. The highest BCUT2D eigenvalue weighted by Crippen LogP contribution is 2.17. The number of halogens is 1. The minimum atomic E-state index is 0.698. The van der Waals surface area contributed by atoms with Gasteiger partial charge < -0.3 is 4.90 Å². The Labute approximate surface area is 102 Å². The molecule has 0 aromatic carbocycles. The van der Waals surface area contributed by atoms with E-state index in [4.69, 9.17) is 11.6 Å². The van der Waals surface area contributed by atoms with E-state index in [0.717, 1.165) is 18.8 Å². The summed E-state index contributed by atoms with van der Waals surface area (Å²) < 4.78 is 1.87. The first-order chi connectivity index (χ1) is 7.78. The third kappa shape index (κ3) is 3.22. The van der Waals surface area contributed by atoms with Gasteiger partial charge in [0.25, 0.3) is 0 Å². The number of aryl methyl sites for hydroxylation is 1. The predicted octanol–water partition coefficient (Wildman–Crippen LogP) is 1.91. The monoisotopic (exact) mass is 241 g/mol. The molecule has 2 heterocycles. The molecule has 1 aromatic rings. The van der Waals surface area contributed by atoms with Gasteiger partial charge >= 0.3 is 0 Å². The topological polar surface area (TPSA) is 21.1 Å². The van der Waals surface area contributed by atoms with Gasteiger partial charge in [-0.2, -0.15) is 5.10 Å². The van der Waals surface area contributed by atoms with Crippen LogP contribution in [0.25, 0.3) is 0 Å². The number of aromatic nitrogens is 2. The van der Waals surface area contributed by atoms with Crippen LogP contribution in [0, 0.1) is 5.92 Å². The van der Waals surface area contributed by atoms with E-state index in [0.29, 0.717) is 5.92 Å². The first kappa shape index (κ1) is 11.9. The van der Waals surface area contributed by atoms with Crippen molar-refractivity contribution >= 4 is 11.6 Å². The molecule has 0 amide bonds. The average Bonchev–Trinajstić information content (AvgIpc) is 2.73. The van der Waals surface area contributed by atoms with E-state index in [9.17, 15) is 0 Å². The fraction of sp³-hybridized carbons (Fsp3) is 0.750. The molecule has 0 saturated carbocycles. The smallest absolute Gasteiger partial charge is 0.0522 e. The first-order valence-electron chi connectivity index (χ1n) is 6.04. The van der Waals surface area contributed by atoms with Gasteiger partial charge in [0.15, 0.2) is 0 Å². The fourth-order valence-electron chi connectivity index (χ4n) is 2.37. The molecule has 0 aliphatic carbocycles. The van der Waals surface area contributed by atoms with Crippen LogP contribution >= 0.6 is 11.6 Å². The summed E-state index contributed by atoms with van der Waals surface area (Å²) in [6.07, 6.45) is 7.76. The molecule has 3 nitrogen and oxygen atoms in total. The van der Waals surface area contributed by atoms with Crippen molar-refractivity contribution < 1.29 is 0 Å². The quantitative estimate of drug-likeness (QED) is 0.751. The lowest BCUT2D eigenvalue weighted by atomic mass is 10.00. The van der Waals surface area contributed by atoms with E-state index in [1.54, 1.807) is 0 Å². The Bertz CT molecular complexity index is 324. The molecular weight excluding hydrogens is 222 g/mol. The highest BCUT2D eigenvalue weighted by Gasteiger charge is 2.18. The summed E-state index contributed by atoms with van der Waals surface area (Å²) in [5, 5.41) is 4.19. The van der Waals surface area contributed by atoms with Crippen molar-refractivity contribution in [3.63, 3.8) is 0 Å². The minimum absolute atomic E-state index is 0.698. The first-order valence-corrected chi connectivity index (χ1v) is 6.57. The predicted molar refractivity (Wildman–Crippen MR) is 66.8 cm³/mol. The number of hydrogen-bond donors (Lipinski definition) is 0. The number of piperidine rings is 1. The van der Waals surface area contributed by atoms with Crippen LogP contribution in [0.1, 0.15) is 18.4 Å². The molecule has 1 aromatic heterocycles. The summed E-state index contributed by atoms with van der Waals surface area (Å²) in [5.41, 5.74) is 1.33. The molecule has 4 heteroatoms.